The Morgan fingerprint density at radius 1 is 1.52 bits per heavy atom. The molecule has 4 N–H and O–H groups in total. The number of nitrogens with zero attached hydrogens (tertiary/aromatic N) is 2. The van der Waals surface area contributed by atoms with E-state index in [0.717, 1.165) is 19.3 Å². The third-order valence-corrected chi connectivity index (χ3v) is 3.34. The summed E-state index contributed by atoms with van der Waals surface area (Å²) >= 11 is 6.02. The smallest absolute Gasteiger partial charge is 0.324 e. The van der Waals surface area contributed by atoms with Crippen molar-refractivity contribution in [2.75, 3.05) is 13.1 Å². The van der Waals surface area contributed by atoms with Crippen LogP contribution in [0.15, 0.2) is 18.3 Å². The van der Waals surface area contributed by atoms with E-state index in [1.807, 2.05) is 0 Å². The topological polar surface area (TPSA) is 95.1 Å². The van der Waals surface area contributed by atoms with Gasteiger partial charge in [0.15, 0.2) is 5.96 Å². The lowest BCUT2D eigenvalue weighted by Gasteiger charge is -2.21. The van der Waals surface area contributed by atoms with Crippen molar-refractivity contribution in [1.82, 2.24) is 15.2 Å². The third kappa shape index (κ3) is 5.99. The molecule has 0 spiro atoms. The van der Waals surface area contributed by atoms with Crippen molar-refractivity contribution < 1.29 is 4.79 Å². The van der Waals surface area contributed by atoms with Crippen LogP contribution in [0.5, 0.6) is 0 Å². The highest BCUT2D eigenvalue weighted by Gasteiger charge is 2.16. The van der Waals surface area contributed by atoms with E-state index in [1.54, 1.807) is 18.3 Å². The molecular weight excluding hydrogens is 290 g/mol. The fourth-order valence-electron chi connectivity index (χ4n) is 1.82. The monoisotopic (exact) mass is 311 g/mol. The molecule has 21 heavy (non-hydrogen) atoms. The van der Waals surface area contributed by atoms with Gasteiger partial charge in [0.25, 0.3) is 0 Å². The molecule has 0 unspecified atom stereocenters. The first-order chi connectivity index (χ1) is 10.1. The van der Waals surface area contributed by atoms with Gasteiger partial charge in [-0.3, -0.25) is 15.3 Å². The first kappa shape index (κ1) is 17.2. The second-order valence-electron chi connectivity index (χ2n) is 4.66. The van der Waals surface area contributed by atoms with Gasteiger partial charge in [-0.2, -0.15) is 0 Å². The zero-order valence-electron chi connectivity index (χ0n) is 12.2. The maximum atomic E-state index is 12.0. The fraction of sp³-hybridized carbons (Fsp3) is 0.500. The number of unbranched alkanes of at least 4 members (excludes halogenated alkanes) is 2. The Morgan fingerprint density at radius 2 is 2.29 bits per heavy atom. The molecular formula is C14H22ClN5O. The second-order valence-corrected chi connectivity index (χ2v) is 5.07. The van der Waals surface area contributed by atoms with E-state index < -0.39 is 0 Å². The SMILES string of the molecule is CCCCCNC(=O)N(CCc1ncccc1Cl)C(=N)N. The lowest BCUT2D eigenvalue weighted by Crippen LogP contribution is -2.48. The number of nitrogens with one attached hydrogen (secondary N) is 2. The minimum absolute atomic E-state index is 0.270. The number of carbonyl (C=O) groups excluding carboxylic acids is 1. The Morgan fingerprint density at radius 3 is 2.90 bits per heavy atom. The van der Waals surface area contributed by atoms with Gasteiger partial charge in [0.1, 0.15) is 0 Å². The van der Waals surface area contributed by atoms with Crippen LogP contribution in [-0.4, -0.2) is 35.0 Å². The molecule has 1 aromatic rings. The third-order valence-electron chi connectivity index (χ3n) is 3.00. The van der Waals surface area contributed by atoms with Crippen LogP contribution in [-0.2, 0) is 6.42 Å². The summed E-state index contributed by atoms with van der Waals surface area (Å²) in [5.74, 6) is -0.282. The number of aromatic nitrogens is 1. The molecule has 0 atom stereocenters. The minimum Gasteiger partial charge on any atom is -0.370 e. The van der Waals surface area contributed by atoms with Crippen LogP contribution in [0.4, 0.5) is 4.79 Å². The fourth-order valence-corrected chi connectivity index (χ4v) is 2.03. The summed E-state index contributed by atoms with van der Waals surface area (Å²) in [6, 6.07) is 3.13. The zero-order chi connectivity index (χ0) is 15.7. The summed E-state index contributed by atoms with van der Waals surface area (Å²) in [5, 5.41) is 10.8. The average Bonchev–Trinajstić information content (AvgIpc) is 2.45. The second kappa shape index (κ2) is 9.18. The van der Waals surface area contributed by atoms with Crippen molar-refractivity contribution in [3.8, 4) is 0 Å². The largest absolute Gasteiger partial charge is 0.370 e. The van der Waals surface area contributed by atoms with E-state index in [1.165, 1.54) is 4.90 Å². The highest BCUT2D eigenvalue weighted by molar-refractivity contribution is 6.31. The van der Waals surface area contributed by atoms with Gasteiger partial charge < -0.3 is 11.1 Å². The lowest BCUT2D eigenvalue weighted by molar-refractivity contribution is 0.220. The van der Waals surface area contributed by atoms with Gasteiger partial charge in [-0.15, -0.1) is 0 Å². The van der Waals surface area contributed by atoms with Crippen LogP contribution in [0.3, 0.4) is 0 Å². The molecule has 116 valence electrons. The number of rotatable bonds is 7. The molecule has 2 amide bonds. The Balaban J connectivity index is 2.52. The van der Waals surface area contributed by atoms with Crippen molar-refractivity contribution in [1.29, 1.82) is 5.41 Å². The van der Waals surface area contributed by atoms with Gasteiger partial charge in [0, 0.05) is 25.7 Å². The summed E-state index contributed by atoms with van der Waals surface area (Å²) in [4.78, 5) is 17.3. The molecule has 0 aliphatic rings. The first-order valence-corrected chi connectivity index (χ1v) is 7.42. The Hall–Kier alpha value is -1.82. The van der Waals surface area contributed by atoms with Gasteiger partial charge in [-0.05, 0) is 18.6 Å². The lowest BCUT2D eigenvalue weighted by atomic mass is 10.2. The molecule has 1 rings (SSSR count). The molecule has 0 aliphatic heterocycles. The molecule has 0 radical (unpaired) electrons. The number of hydrogen-bond donors (Lipinski definition) is 3. The van der Waals surface area contributed by atoms with Crippen LogP contribution >= 0.6 is 11.6 Å². The summed E-state index contributed by atoms with van der Waals surface area (Å²) in [6.07, 6.45) is 5.15. The molecule has 1 aromatic heterocycles. The van der Waals surface area contributed by atoms with E-state index in [9.17, 15) is 4.79 Å². The maximum Gasteiger partial charge on any atom is 0.324 e. The van der Waals surface area contributed by atoms with Crippen molar-refractivity contribution in [2.24, 2.45) is 5.73 Å². The molecule has 6 nitrogen and oxygen atoms in total. The summed E-state index contributed by atoms with van der Waals surface area (Å²) < 4.78 is 0. The van der Waals surface area contributed by atoms with Crippen molar-refractivity contribution >= 4 is 23.6 Å². The molecule has 0 bridgehead atoms. The Labute approximate surface area is 130 Å². The molecule has 7 heteroatoms. The zero-order valence-corrected chi connectivity index (χ0v) is 13.0. The van der Waals surface area contributed by atoms with Gasteiger partial charge in [-0.1, -0.05) is 31.4 Å². The van der Waals surface area contributed by atoms with E-state index in [-0.39, 0.29) is 18.5 Å². The number of halogens is 1. The first-order valence-electron chi connectivity index (χ1n) is 7.05. The van der Waals surface area contributed by atoms with Crippen molar-refractivity contribution in [3.63, 3.8) is 0 Å². The number of nitrogens with two attached hydrogens (primary N) is 1. The van der Waals surface area contributed by atoms with Crippen LogP contribution in [0.2, 0.25) is 5.02 Å². The predicted molar refractivity (Wildman–Crippen MR) is 84.5 cm³/mol. The van der Waals surface area contributed by atoms with Gasteiger partial charge in [-0.25, -0.2) is 4.79 Å². The Kier molecular flexibility index (Phi) is 7.53. The van der Waals surface area contributed by atoms with Crippen LogP contribution in [0.25, 0.3) is 0 Å². The molecule has 0 saturated carbocycles. The van der Waals surface area contributed by atoms with Gasteiger partial charge >= 0.3 is 6.03 Å². The van der Waals surface area contributed by atoms with E-state index in [2.05, 4.69) is 17.2 Å². The number of hydrogen-bond acceptors (Lipinski definition) is 3. The number of urea groups is 1. The van der Waals surface area contributed by atoms with Crippen molar-refractivity contribution in [2.45, 2.75) is 32.6 Å². The molecule has 0 aliphatic carbocycles. The predicted octanol–water partition coefficient (Wildman–Crippen LogP) is 2.37. The van der Waals surface area contributed by atoms with Gasteiger partial charge in [0.05, 0.1) is 10.7 Å². The highest BCUT2D eigenvalue weighted by atomic mass is 35.5. The molecule has 1 heterocycles. The maximum absolute atomic E-state index is 12.0. The van der Waals surface area contributed by atoms with E-state index in [4.69, 9.17) is 22.7 Å². The Bertz CT molecular complexity index is 480. The van der Waals surface area contributed by atoms with Crippen LogP contribution < -0.4 is 11.1 Å². The van der Waals surface area contributed by atoms with Gasteiger partial charge in [0.2, 0.25) is 0 Å². The normalized spacial score (nSPS) is 10.2. The van der Waals surface area contributed by atoms with Crippen LogP contribution in [0, 0.1) is 5.41 Å². The van der Waals surface area contributed by atoms with E-state index >= 15 is 0 Å². The highest BCUT2D eigenvalue weighted by Crippen LogP contribution is 2.12. The molecule has 0 fully saturated rings. The van der Waals surface area contributed by atoms with Crippen LogP contribution in [0.1, 0.15) is 31.9 Å². The summed E-state index contributed by atoms with van der Waals surface area (Å²) in [5.41, 5.74) is 6.15. The number of amides is 2. The molecule has 0 aromatic carbocycles. The van der Waals surface area contributed by atoms with Crippen molar-refractivity contribution in [3.05, 3.63) is 29.0 Å². The average molecular weight is 312 g/mol. The number of carbonyl (C=O) groups is 1. The molecule has 0 saturated heterocycles. The summed E-state index contributed by atoms with van der Waals surface area (Å²) in [6.45, 7) is 2.95. The number of pyridine rings is 1. The quantitative estimate of drug-likeness (QED) is 0.410. The minimum atomic E-state index is -0.356. The van der Waals surface area contributed by atoms with E-state index in [0.29, 0.717) is 23.7 Å². The standard InChI is InChI=1S/C14H22ClN5O/c1-2-3-4-8-19-14(21)20(13(16)17)10-7-12-11(15)6-5-9-18-12/h5-6,9H,2-4,7-8,10H2,1H3,(H3,16,17)(H,19,21). The number of guanidine groups is 1. The summed E-state index contributed by atoms with van der Waals surface area (Å²) in [7, 11) is 0.